The van der Waals surface area contributed by atoms with Crippen LogP contribution < -0.4 is 4.74 Å². The fraction of sp³-hybridized carbons (Fsp3) is 0.556. The first kappa shape index (κ1) is 19.2. The molecule has 0 aliphatic heterocycles. The summed E-state index contributed by atoms with van der Waals surface area (Å²) in [6.07, 6.45) is 1.52. The SMILES string of the molecule is CCC(CC(C)(C)C(=O)OCCO)c1ccc(OC(C)=O)cc1. The van der Waals surface area contributed by atoms with Gasteiger partial charge in [0.05, 0.1) is 12.0 Å². The maximum atomic E-state index is 12.1. The first-order valence-corrected chi connectivity index (χ1v) is 7.86. The number of esters is 2. The smallest absolute Gasteiger partial charge is 0.311 e. The molecule has 0 heterocycles. The van der Waals surface area contributed by atoms with E-state index < -0.39 is 5.41 Å². The summed E-state index contributed by atoms with van der Waals surface area (Å²) in [7, 11) is 0. The van der Waals surface area contributed by atoms with Crippen molar-refractivity contribution in [3.8, 4) is 5.75 Å². The third kappa shape index (κ3) is 6.02. The van der Waals surface area contributed by atoms with E-state index in [2.05, 4.69) is 6.92 Å². The number of carbonyl (C=O) groups is 2. The summed E-state index contributed by atoms with van der Waals surface area (Å²) in [6, 6.07) is 7.36. The lowest BCUT2D eigenvalue weighted by Crippen LogP contribution is -2.29. The Hall–Kier alpha value is -1.88. The van der Waals surface area contributed by atoms with Crippen LogP contribution >= 0.6 is 0 Å². The summed E-state index contributed by atoms with van der Waals surface area (Å²) in [4.78, 5) is 23.0. The minimum absolute atomic E-state index is 0.0239. The van der Waals surface area contributed by atoms with Gasteiger partial charge in [-0.15, -0.1) is 0 Å². The molecule has 0 fully saturated rings. The summed E-state index contributed by atoms with van der Waals surface area (Å²) in [5, 5.41) is 8.76. The normalized spacial score (nSPS) is 12.6. The Labute approximate surface area is 137 Å². The van der Waals surface area contributed by atoms with Gasteiger partial charge in [-0.05, 0) is 50.3 Å². The number of ether oxygens (including phenoxy) is 2. The second kappa shape index (κ2) is 8.67. The second-order valence-electron chi connectivity index (χ2n) is 6.22. The van der Waals surface area contributed by atoms with E-state index in [0.717, 1.165) is 12.0 Å². The van der Waals surface area contributed by atoms with E-state index >= 15 is 0 Å². The number of hydrogen-bond acceptors (Lipinski definition) is 5. The lowest BCUT2D eigenvalue weighted by Gasteiger charge is -2.27. The van der Waals surface area contributed by atoms with Gasteiger partial charge in [-0.25, -0.2) is 0 Å². The highest BCUT2D eigenvalue weighted by Gasteiger charge is 2.32. The number of carbonyl (C=O) groups excluding carboxylic acids is 2. The van der Waals surface area contributed by atoms with E-state index in [-0.39, 0.29) is 31.1 Å². The van der Waals surface area contributed by atoms with Gasteiger partial charge in [-0.2, -0.15) is 0 Å². The quantitative estimate of drug-likeness (QED) is 0.588. The van der Waals surface area contributed by atoms with Gasteiger partial charge < -0.3 is 14.6 Å². The van der Waals surface area contributed by atoms with Gasteiger partial charge in [0.1, 0.15) is 12.4 Å². The monoisotopic (exact) mass is 322 g/mol. The number of benzene rings is 1. The zero-order chi connectivity index (χ0) is 17.5. The Bertz CT molecular complexity index is 519. The standard InChI is InChI=1S/C18H26O5/c1-5-14(12-18(3,4)17(21)22-11-10-19)15-6-8-16(9-7-15)23-13(2)20/h6-9,14,19H,5,10-12H2,1-4H3. The van der Waals surface area contributed by atoms with E-state index in [4.69, 9.17) is 14.6 Å². The maximum Gasteiger partial charge on any atom is 0.311 e. The highest BCUT2D eigenvalue weighted by atomic mass is 16.5. The van der Waals surface area contributed by atoms with Crippen molar-refractivity contribution in [1.29, 1.82) is 0 Å². The minimum Gasteiger partial charge on any atom is -0.463 e. The van der Waals surface area contributed by atoms with Crippen molar-refractivity contribution in [3.05, 3.63) is 29.8 Å². The first-order valence-electron chi connectivity index (χ1n) is 7.86. The van der Waals surface area contributed by atoms with E-state index in [0.29, 0.717) is 12.2 Å². The van der Waals surface area contributed by atoms with Gasteiger partial charge in [0, 0.05) is 6.92 Å². The Morgan fingerprint density at radius 2 is 1.83 bits per heavy atom. The van der Waals surface area contributed by atoms with Crippen LogP contribution in [0.25, 0.3) is 0 Å². The summed E-state index contributed by atoms with van der Waals surface area (Å²) in [6.45, 7) is 6.99. The average molecular weight is 322 g/mol. The predicted molar refractivity (Wildman–Crippen MR) is 87.2 cm³/mol. The van der Waals surface area contributed by atoms with Crippen molar-refractivity contribution in [2.75, 3.05) is 13.2 Å². The molecule has 0 aromatic heterocycles. The fourth-order valence-corrected chi connectivity index (χ4v) is 2.50. The van der Waals surface area contributed by atoms with Gasteiger partial charge >= 0.3 is 11.9 Å². The molecule has 1 aromatic rings. The molecule has 1 atom stereocenters. The van der Waals surface area contributed by atoms with Crippen LogP contribution in [-0.4, -0.2) is 30.3 Å². The molecule has 0 aliphatic rings. The molecule has 5 heteroatoms. The van der Waals surface area contributed by atoms with Crippen LogP contribution in [0, 0.1) is 5.41 Å². The predicted octanol–water partition coefficient (Wildman–Crippen LogP) is 3.06. The Balaban J connectivity index is 2.79. The van der Waals surface area contributed by atoms with Crippen molar-refractivity contribution in [1.82, 2.24) is 0 Å². The minimum atomic E-state index is -0.635. The van der Waals surface area contributed by atoms with Crippen LogP contribution in [0.15, 0.2) is 24.3 Å². The topological polar surface area (TPSA) is 72.8 Å². The molecule has 5 nitrogen and oxygen atoms in total. The van der Waals surface area contributed by atoms with E-state index in [1.165, 1.54) is 6.92 Å². The van der Waals surface area contributed by atoms with Crippen LogP contribution in [0.1, 0.15) is 52.0 Å². The molecule has 0 aliphatic carbocycles. The van der Waals surface area contributed by atoms with Crippen LogP contribution in [0.4, 0.5) is 0 Å². The van der Waals surface area contributed by atoms with E-state index in [1.807, 2.05) is 26.0 Å². The van der Waals surface area contributed by atoms with Gasteiger partial charge in [-0.3, -0.25) is 9.59 Å². The molecule has 1 unspecified atom stereocenters. The lowest BCUT2D eigenvalue weighted by atomic mass is 9.79. The van der Waals surface area contributed by atoms with E-state index in [1.54, 1.807) is 12.1 Å². The van der Waals surface area contributed by atoms with Crippen molar-refractivity contribution >= 4 is 11.9 Å². The first-order chi connectivity index (χ1) is 10.8. The highest BCUT2D eigenvalue weighted by molar-refractivity contribution is 5.76. The molecular formula is C18H26O5. The van der Waals surface area contributed by atoms with Crippen LogP contribution in [0.2, 0.25) is 0 Å². The molecule has 128 valence electrons. The largest absolute Gasteiger partial charge is 0.463 e. The van der Waals surface area contributed by atoms with Gasteiger partial charge in [-0.1, -0.05) is 19.1 Å². The van der Waals surface area contributed by atoms with Gasteiger partial charge in [0.25, 0.3) is 0 Å². The molecule has 1 rings (SSSR count). The van der Waals surface area contributed by atoms with Crippen LogP contribution in [0.5, 0.6) is 5.75 Å². The molecule has 1 N–H and O–H groups in total. The fourth-order valence-electron chi connectivity index (χ4n) is 2.50. The van der Waals surface area contributed by atoms with Gasteiger partial charge in [0.15, 0.2) is 0 Å². The molecule has 0 saturated heterocycles. The molecule has 0 amide bonds. The van der Waals surface area contributed by atoms with Crippen molar-refractivity contribution in [3.63, 3.8) is 0 Å². The number of hydrogen-bond donors (Lipinski definition) is 1. The third-order valence-electron chi connectivity index (χ3n) is 3.74. The Morgan fingerprint density at radius 1 is 1.22 bits per heavy atom. The van der Waals surface area contributed by atoms with Crippen molar-refractivity contribution < 1.29 is 24.2 Å². The van der Waals surface area contributed by atoms with E-state index in [9.17, 15) is 9.59 Å². The Morgan fingerprint density at radius 3 is 2.30 bits per heavy atom. The van der Waals surface area contributed by atoms with Crippen molar-refractivity contribution in [2.24, 2.45) is 5.41 Å². The number of aliphatic hydroxyl groups excluding tert-OH is 1. The molecule has 0 radical (unpaired) electrons. The molecule has 0 saturated carbocycles. The van der Waals surface area contributed by atoms with Crippen molar-refractivity contribution in [2.45, 2.75) is 46.5 Å². The molecule has 0 bridgehead atoms. The molecule has 0 spiro atoms. The second-order valence-corrected chi connectivity index (χ2v) is 6.22. The third-order valence-corrected chi connectivity index (χ3v) is 3.74. The molecule has 23 heavy (non-hydrogen) atoms. The molecule has 1 aromatic carbocycles. The van der Waals surface area contributed by atoms with Gasteiger partial charge in [0.2, 0.25) is 0 Å². The Kier molecular flexibility index (Phi) is 7.23. The summed E-state index contributed by atoms with van der Waals surface area (Å²) >= 11 is 0. The lowest BCUT2D eigenvalue weighted by molar-refractivity contribution is -0.155. The average Bonchev–Trinajstić information content (AvgIpc) is 2.50. The summed E-state index contributed by atoms with van der Waals surface area (Å²) < 4.78 is 10.1. The number of rotatable bonds is 8. The zero-order valence-electron chi connectivity index (χ0n) is 14.3. The highest BCUT2D eigenvalue weighted by Crippen LogP contribution is 2.35. The summed E-state index contributed by atoms with van der Waals surface area (Å²) in [5.41, 5.74) is 0.455. The zero-order valence-corrected chi connectivity index (χ0v) is 14.3. The summed E-state index contributed by atoms with van der Waals surface area (Å²) in [5.74, 6) is 0.0508. The maximum absolute atomic E-state index is 12.1. The molecular weight excluding hydrogens is 296 g/mol. The number of aliphatic hydroxyl groups is 1. The van der Waals surface area contributed by atoms with Crippen LogP contribution in [-0.2, 0) is 14.3 Å². The van der Waals surface area contributed by atoms with Crippen LogP contribution in [0.3, 0.4) is 0 Å².